The third-order valence-electron chi connectivity index (χ3n) is 5.43. The number of aryl methyl sites for hydroxylation is 2. The van der Waals surface area contributed by atoms with E-state index in [9.17, 15) is 9.59 Å². The molecule has 32 heavy (non-hydrogen) atoms. The summed E-state index contributed by atoms with van der Waals surface area (Å²) in [6, 6.07) is 19.9. The van der Waals surface area contributed by atoms with Crippen molar-refractivity contribution in [1.29, 1.82) is 0 Å². The standard InChI is InChI=1S/C26H24N2O4/c1-16-9-14-20(17(2)15-16)27-24-23(18-10-12-19(31-3)13-11-18)25(29)28(26(24)30)21-7-5-6-8-22(21)32-4/h5-15,27H,1-4H3. The highest BCUT2D eigenvalue weighted by atomic mass is 16.5. The van der Waals surface area contributed by atoms with Crippen LogP contribution in [0.2, 0.25) is 0 Å². The van der Waals surface area contributed by atoms with Gasteiger partial charge in [0.2, 0.25) is 0 Å². The Labute approximate surface area is 187 Å². The van der Waals surface area contributed by atoms with Crippen LogP contribution in [-0.2, 0) is 9.59 Å². The summed E-state index contributed by atoms with van der Waals surface area (Å²) in [6.45, 7) is 3.97. The monoisotopic (exact) mass is 428 g/mol. The number of carbonyl (C=O) groups excluding carboxylic acids is 2. The molecule has 4 rings (SSSR count). The average molecular weight is 428 g/mol. The number of anilines is 2. The van der Waals surface area contributed by atoms with Gasteiger partial charge in [0, 0.05) is 5.69 Å². The van der Waals surface area contributed by atoms with E-state index >= 15 is 0 Å². The molecule has 0 radical (unpaired) electrons. The zero-order chi connectivity index (χ0) is 22.8. The molecular formula is C26H24N2O4. The van der Waals surface area contributed by atoms with Crippen LogP contribution in [0.25, 0.3) is 5.57 Å². The van der Waals surface area contributed by atoms with Gasteiger partial charge in [0.05, 0.1) is 25.5 Å². The van der Waals surface area contributed by atoms with Gasteiger partial charge in [-0.05, 0) is 55.3 Å². The van der Waals surface area contributed by atoms with E-state index in [-0.39, 0.29) is 5.70 Å². The van der Waals surface area contributed by atoms with Crippen molar-refractivity contribution < 1.29 is 19.1 Å². The van der Waals surface area contributed by atoms with Crippen LogP contribution in [0.15, 0.2) is 72.4 Å². The second-order valence-corrected chi connectivity index (χ2v) is 7.54. The van der Waals surface area contributed by atoms with E-state index in [4.69, 9.17) is 9.47 Å². The summed E-state index contributed by atoms with van der Waals surface area (Å²) >= 11 is 0. The van der Waals surface area contributed by atoms with Crippen molar-refractivity contribution in [3.05, 3.63) is 89.1 Å². The van der Waals surface area contributed by atoms with Crippen LogP contribution in [0.3, 0.4) is 0 Å². The molecule has 1 heterocycles. The van der Waals surface area contributed by atoms with Gasteiger partial charge >= 0.3 is 0 Å². The Morgan fingerprint density at radius 1 is 0.812 bits per heavy atom. The number of ether oxygens (including phenoxy) is 2. The van der Waals surface area contributed by atoms with Crippen molar-refractivity contribution in [2.45, 2.75) is 13.8 Å². The zero-order valence-corrected chi connectivity index (χ0v) is 18.4. The summed E-state index contributed by atoms with van der Waals surface area (Å²) in [5, 5.41) is 3.23. The maximum absolute atomic E-state index is 13.6. The number of hydrogen-bond donors (Lipinski definition) is 1. The summed E-state index contributed by atoms with van der Waals surface area (Å²) < 4.78 is 10.6. The number of rotatable bonds is 6. The molecule has 0 bridgehead atoms. The van der Waals surface area contributed by atoms with Crippen molar-refractivity contribution in [2.75, 3.05) is 24.4 Å². The van der Waals surface area contributed by atoms with E-state index in [1.165, 1.54) is 7.11 Å². The van der Waals surface area contributed by atoms with Crippen molar-refractivity contribution in [3.8, 4) is 11.5 Å². The number of amides is 2. The summed E-state index contributed by atoms with van der Waals surface area (Å²) in [7, 11) is 3.09. The molecule has 162 valence electrons. The lowest BCUT2D eigenvalue weighted by molar-refractivity contribution is -0.120. The van der Waals surface area contributed by atoms with Gasteiger partial charge in [0.25, 0.3) is 11.8 Å². The zero-order valence-electron chi connectivity index (χ0n) is 18.4. The highest BCUT2D eigenvalue weighted by Crippen LogP contribution is 2.38. The maximum Gasteiger partial charge on any atom is 0.282 e. The van der Waals surface area contributed by atoms with Crippen LogP contribution < -0.4 is 19.7 Å². The highest BCUT2D eigenvalue weighted by Gasteiger charge is 2.41. The molecule has 1 aliphatic rings. The van der Waals surface area contributed by atoms with Gasteiger partial charge in [-0.2, -0.15) is 0 Å². The molecular weight excluding hydrogens is 404 g/mol. The van der Waals surface area contributed by atoms with Gasteiger partial charge < -0.3 is 14.8 Å². The number of carbonyl (C=O) groups is 2. The van der Waals surface area contributed by atoms with Crippen LogP contribution in [0.5, 0.6) is 11.5 Å². The Hall–Kier alpha value is -4.06. The Balaban J connectivity index is 1.85. The summed E-state index contributed by atoms with van der Waals surface area (Å²) in [5.74, 6) is 0.245. The van der Waals surface area contributed by atoms with E-state index in [0.717, 1.165) is 21.7 Å². The molecule has 0 fully saturated rings. The lowest BCUT2D eigenvalue weighted by atomic mass is 10.0. The first-order chi connectivity index (χ1) is 15.4. The fourth-order valence-corrected chi connectivity index (χ4v) is 3.79. The first-order valence-corrected chi connectivity index (χ1v) is 10.2. The average Bonchev–Trinajstić information content (AvgIpc) is 3.04. The Morgan fingerprint density at radius 2 is 1.53 bits per heavy atom. The Bertz CT molecular complexity index is 1230. The second-order valence-electron chi connectivity index (χ2n) is 7.54. The van der Waals surface area contributed by atoms with Crippen LogP contribution >= 0.6 is 0 Å². The largest absolute Gasteiger partial charge is 0.497 e. The maximum atomic E-state index is 13.6. The number of benzene rings is 3. The number of methoxy groups -OCH3 is 2. The molecule has 0 saturated heterocycles. The van der Waals surface area contributed by atoms with E-state index in [1.807, 2.05) is 32.0 Å². The van der Waals surface area contributed by atoms with Crippen molar-refractivity contribution in [2.24, 2.45) is 0 Å². The minimum absolute atomic E-state index is 0.220. The smallest absolute Gasteiger partial charge is 0.282 e. The summed E-state index contributed by atoms with van der Waals surface area (Å²) in [4.78, 5) is 28.3. The molecule has 0 unspecified atom stereocenters. The van der Waals surface area contributed by atoms with Gasteiger partial charge in [-0.25, -0.2) is 4.90 Å². The molecule has 2 amide bonds. The fourth-order valence-electron chi connectivity index (χ4n) is 3.79. The van der Waals surface area contributed by atoms with Crippen LogP contribution in [0, 0.1) is 13.8 Å². The molecule has 0 aromatic heterocycles. The highest BCUT2D eigenvalue weighted by molar-refractivity contribution is 6.46. The molecule has 0 saturated carbocycles. The number of nitrogens with one attached hydrogen (secondary N) is 1. The van der Waals surface area contributed by atoms with E-state index < -0.39 is 11.8 Å². The van der Waals surface area contributed by atoms with Gasteiger partial charge in [-0.1, -0.05) is 42.0 Å². The Morgan fingerprint density at radius 3 is 2.19 bits per heavy atom. The SMILES string of the molecule is COc1ccc(C2=C(Nc3ccc(C)cc3C)C(=O)N(c3ccccc3OC)C2=O)cc1. The van der Waals surface area contributed by atoms with Crippen molar-refractivity contribution >= 4 is 28.8 Å². The lowest BCUT2D eigenvalue weighted by Crippen LogP contribution is -2.32. The molecule has 1 N–H and O–H groups in total. The summed E-state index contributed by atoms with van der Waals surface area (Å²) in [5.41, 5.74) is 4.38. The topological polar surface area (TPSA) is 67.9 Å². The van der Waals surface area contributed by atoms with Crippen LogP contribution in [0.4, 0.5) is 11.4 Å². The van der Waals surface area contributed by atoms with Crippen LogP contribution in [0.1, 0.15) is 16.7 Å². The van der Waals surface area contributed by atoms with E-state index in [0.29, 0.717) is 28.3 Å². The minimum atomic E-state index is -0.440. The molecule has 1 aliphatic heterocycles. The molecule has 6 nitrogen and oxygen atoms in total. The van der Waals surface area contributed by atoms with Gasteiger partial charge in [0.1, 0.15) is 17.2 Å². The summed E-state index contributed by atoms with van der Waals surface area (Å²) in [6.07, 6.45) is 0. The van der Waals surface area contributed by atoms with Crippen molar-refractivity contribution in [3.63, 3.8) is 0 Å². The quantitative estimate of drug-likeness (QED) is 0.576. The lowest BCUT2D eigenvalue weighted by Gasteiger charge is -2.18. The Kier molecular flexibility index (Phi) is 5.69. The van der Waals surface area contributed by atoms with Gasteiger partial charge in [0.15, 0.2) is 0 Å². The fraction of sp³-hybridized carbons (Fsp3) is 0.154. The molecule has 6 heteroatoms. The number of nitrogens with zero attached hydrogens (tertiary/aromatic N) is 1. The van der Waals surface area contributed by atoms with E-state index in [1.54, 1.807) is 55.6 Å². The first-order valence-electron chi connectivity index (χ1n) is 10.2. The molecule has 0 atom stereocenters. The third-order valence-corrected chi connectivity index (χ3v) is 5.43. The number of para-hydroxylation sites is 2. The predicted octanol–water partition coefficient (Wildman–Crippen LogP) is 4.72. The van der Waals surface area contributed by atoms with E-state index in [2.05, 4.69) is 5.32 Å². The van der Waals surface area contributed by atoms with Crippen LogP contribution in [-0.4, -0.2) is 26.0 Å². The first kappa shape index (κ1) is 21.2. The predicted molar refractivity (Wildman–Crippen MR) is 125 cm³/mol. The van der Waals surface area contributed by atoms with Crippen molar-refractivity contribution in [1.82, 2.24) is 0 Å². The second kappa shape index (κ2) is 8.59. The molecule has 3 aromatic carbocycles. The number of hydrogen-bond acceptors (Lipinski definition) is 5. The normalized spacial score (nSPS) is 13.6. The molecule has 0 spiro atoms. The van der Waals surface area contributed by atoms with Gasteiger partial charge in [-0.3, -0.25) is 9.59 Å². The third kappa shape index (κ3) is 3.71. The van der Waals surface area contributed by atoms with Gasteiger partial charge in [-0.15, -0.1) is 0 Å². The number of imide groups is 1. The molecule has 3 aromatic rings. The molecule has 0 aliphatic carbocycles. The minimum Gasteiger partial charge on any atom is -0.497 e.